The Labute approximate surface area is 232 Å². The van der Waals surface area contributed by atoms with Crippen LogP contribution >= 0.6 is 0 Å². The number of rotatable bonds is 5. The predicted octanol–water partition coefficient (Wildman–Crippen LogP) is 4.13. The average Bonchev–Trinajstić information content (AvgIpc) is 3.61. The van der Waals surface area contributed by atoms with Crippen LogP contribution in [0.3, 0.4) is 0 Å². The number of carbonyl (C=O) groups excluding carboxylic acids is 1. The number of benzene rings is 1. The third kappa shape index (κ3) is 4.37. The van der Waals surface area contributed by atoms with Gasteiger partial charge in [0.25, 0.3) is 5.91 Å². The Hall–Kier alpha value is -4.02. The van der Waals surface area contributed by atoms with Crippen LogP contribution in [0.25, 0.3) is 16.9 Å². The molecule has 4 aromatic rings. The van der Waals surface area contributed by atoms with E-state index in [1.54, 1.807) is 23.6 Å². The molecule has 7 rings (SSSR count). The van der Waals surface area contributed by atoms with Crippen molar-refractivity contribution in [2.24, 2.45) is 0 Å². The molecular weight excluding hydrogens is 509 g/mol. The zero-order valence-corrected chi connectivity index (χ0v) is 22.5. The Morgan fingerprint density at radius 3 is 2.62 bits per heavy atom. The maximum atomic E-state index is 14.6. The number of nitrogens with zero attached hydrogens (tertiary/aromatic N) is 5. The lowest BCUT2D eigenvalue weighted by Crippen LogP contribution is -2.49. The highest BCUT2D eigenvalue weighted by Crippen LogP contribution is 2.36. The number of pyridine rings is 2. The summed E-state index contributed by atoms with van der Waals surface area (Å²) in [5, 5.41) is 6.29. The van der Waals surface area contributed by atoms with Gasteiger partial charge in [-0.05, 0) is 55.2 Å². The number of nitrogens with one attached hydrogen (secondary N) is 2. The highest BCUT2D eigenvalue weighted by Gasteiger charge is 2.28. The van der Waals surface area contributed by atoms with Gasteiger partial charge in [0.1, 0.15) is 5.82 Å². The SMILES string of the molecule is Cc1ccn2c(-c3ccc(Nc4ccc(N5CCC(N6CCOCC6)CC5)cn4)c4c3CNC4=O)cnc2c1F. The molecule has 3 aliphatic rings. The maximum absolute atomic E-state index is 14.6. The largest absolute Gasteiger partial charge is 0.379 e. The molecule has 40 heavy (non-hydrogen) atoms. The number of anilines is 3. The quantitative estimate of drug-likeness (QED) is 0.393. The standard InChI is InChI=1S/C30H32FN7O2/c1-19-6-11-38-25(18-33-29(38)28(19)31)22-3-4-24(27-23(22)17-34-30(27)39)35-26-5-2-21(16-32-26)36-9-7-20(8-10-36)37-12-14-40-15-13-37/h2-6,11,16,18,20H,7-10,12-15,17H2,1H3,(H,32,35)(H,34,39). The molecule has 2 saturated heterocycles. The fourth-order valence-corrected chi connectivity index (χ4v) is 6.22. The number of hydrogen-bond acceptors (Lipinski definition) is 7. The molecule has 0 radical (unpaired) electrons. The number of halogens is 1. The number of fused-ring (bicyclic) bond motifs is 2. The molecule has 206 valence electrons. The molecule has 0 bridgehead atoms. The van der Waals surface area contributed by atoms with E-state index in [1.807, 2.05) is 30.6 Å². The van der Waals surface area contributed by atoms with Gasteiger partial charge < -0.3 is 20.3 Å². The summed E-state index contributed by atoms with van der Waals surface area (Å²) >= 11 is 0. The summed E-state index contributed by atoms with van der Waals surface area (Å²) in [6.45, 7) is 7.89. The van der Waals surface area contributed by atoms with E-state index in [-0.39, 0.29) is 17.4 Å². The van der Waals surface area contributed by atoms with E-state index in [2.05, 4.69) is 36.5 Å². The lowest BCUT2D eigenvalue weighted by atomic mass is 9.99. The third-order valence-electron chi connectivity index (χ3n) is 8.46. The van der Waals surface area contributed by atoms with Gasteiger partial charge in [0.05, 0.1) is 48.2 Å². The second-order valence-electron chi connectivity index (χ2n) is 10.7. The molecule has 2 N–H and O–H groups in total. The number of hydrogen-bond donors (Lipinski definition) is 2. The van der Waals surface area contributed by atoms with Gasteiger partial charge in [-0.25, -0.2) is 14.4 Å². The van der Waals surface area contributed by atoms with Gasteiger partial charge in [0.2, 0.25) is 0 Å². The molecule has 10 heteroatoms. The minimum Gasteiger partial charge on any atom is -0.379 e. The Bertz CT molecular complexity index is 1570. The van der Waals surface area contributed by atoms with Crippen LogP contribution in [0.5, 0.6) is 0 Å². The second-order valence-corrected chi connectivity index (χ2v) is 10.7. The number of carbonyl (C=O) groups is 1. The zero-order valence-electron chi connectivity index (χ0n) is 22.5. The van der Waals surface area contributed by atoms with Crippen molar-refractivity contribution >= 4 is 28.7 Å². The van der Waals surface area contributed by atoms with Gasteiger partial charge >= 0.3 is 0 Å². The smallest absolute Gasteiger partial charge is 0.254 e. The first-order chi connectivity index (χ1) is 19.6. The van der Waals surface area contributed by atoms with Gasteiger partial charge in [0, 0.05) is 50.5 Å². The lowest BCUT2D eigenvalue weighted by molar-refractivity contribution is 0.0115. The highest BCUT2D eigenvalue weighted by atomic mass is 19.1. The molecule has 9 nitrogen and oxygen atoms in total. The molecular formula is C30H32FN7O2. The Morgan fingerprint density at radius 1 is 1.02 bits per heavy atom. The van der Waals surface area contributed by atoms with E-state index < -0.39 is 0 Å². The fourth-order valence-electron chi connectivity index (χ4n) is 6.22. The van der Waals surface area contributed by atoms with Gasteiger partial charge in [-0.2, -0.15) is 0 Å². The molecule has 0 aliphatic carbocycles. The highest BCUT2D eigenvalue weighted by molar-refractivity contribution is 6.06. The van der Waals surface area contributed by atoms with Crippen molar-refractivity contribution < 1.29 is 13.9 Å². The summed E-state index contributed by atoms with van der Waals surface area (Å²) in [6, 6.07) is 10.3. The zero-order chi connectivity index (χ0) is 27.2. The molecule has 3 aliphatic heterocycles. The van der Waals surface area contributed by atoms with Crippen LogP contribution in [0.15, 0.2) is 48.9 Å². The predicted molar refractivity (Wildman–Crippen MR) is 152 cm³/mol. The van der Waals surface area contributed by atoms with E-state index in [0.29, 0.717) is 35.2 Å². The Kier molecular flexibility index (Phi) is 6.36. The first-order valence-electron chi connectivity index (χ1n) is 13.9. The number of ether oxygens (including phenoxy) is 1. The van der Waals surface area contributed by atoms with Crippen LogP contribution in [0, 0.1) is 12.7 Å². The summed E-state index contributed by atoms with van der Waals surface area (Å²) in [5.41, 5.74) is 5.65. The first kappa shape index (κ1) is 25.0. The minimum atomic E-state index is -0.339. The van der Waals surface area contributed by atoms with Crippen LogP contribution in [0.4, 0.5) is 21.6 Å². The van der Waals surface area contributed by atoms with Crippen molar-refractivity contribution in [1.82, 2.24) is 24.6 Å². The van der Waals surface area contributed by atoms with Gasteiger partial charge in [-0.3, -0.25) is 14.1 Å². The fraction of sp³-hybridized carbons (Fsp3) is 0.367. The summed E-state index contributed by atoms with van der Waals surface area (Å²) in [7, 11) is 0. The Morgan fingerprint density at radius 2 is 1.85 bits per heavy atom. The number of aromatic nitrogens is 3. The van der Waals surface area contributed by atoms with Crippen LogP contribution in [-0.4, -0.2) is 70.6 Å². The summed E-state index contributed by atoms with van der Waals surface area (Å²) in [6.07, 6.45) is 7.67. The van der Waals surface area contributed by atoms with Crippen molar-refractivity contribution in [3.63, 3.8) is 0 Å². The average molecular weight is 542 g/mol. The van der Waals surface area contributed by atoms with Crippen molar-refractivity contribution in [3.8, 4) is 11.3 Å². The van der Waals surface area contributed by atoms with E-state index >= 15 is 0 Å². The second kappa shape index (κ2) is 10.2. The van der Waals surface area contributed by atoms with Crippen LogP contribution in [0.1, 0.15) is 34.3 Å². The topological polar surface area (TPSA) is 87.0 Å². The number of aryl methyl sites for hydroxylation is 1. The summed E-state index contributed by atoms with van der Waals surface area (Å²) < 4.78 is 21.9. The molecule has 0 unspecified atom stereocenters. The van der Waals surface area contributed by atoms with Gasteiger partial charge in [-0.1, -0.05) is 6.07 Å². The first-order valence-corrected chi connectivity index (χ1v) is 13.9. The molecule has 3 aromatic heterocycles. The Balaban J connectivity index is 1.09. The van der Waals surface area contributed by atoms with E-state index in [0.717, 1.165) is 74.7 Å². The maximum Gasteiger partial charge on any atom is 0.254 e. The lowest BCUT2D eigenvalue weighted by Gasteiger charge is -2.40. The molecule has 2 fully saturated rings. The molecule has 0 atom stereocenters. The van der Waals surface area contributed by atoms with Crippen LogP contribution in [0.2, 0.25) is 0 Å². The van der Waals surface area contributed by atoms with E-state index in [9.17, 15) is 9.18 Å². The molecule has 6 heterocycles. The normalized spacial score (nSPS) is 18.2. The molecule has 1 aromatic carbocycles. The minimum absolute atomic E-state index is 0.144. The molecule has 0 saturated carbocycles. The summed E-state index contributed by atoms with van der Waals surface area (Å²) in [5.74, 6) is 0.192. The number of morpholine rings is 1. The van der Waals surface area contributed by atoms with E-state index in [1.165, 1.54) is 0 Å². The number of piperidine rings is 1. The van der Waals surface area contributed by atoms with Crippen molar-refractivity contribution in [2.75, 3.05) is 49.6 Å². The van der Waals surface area contributed by atoms with E-state index in [4.69, 9.17) is 4.74 Å². The van der Waals surface area contributed by atoms with Crippen molar-refractivity contribution in [2.45, 2.75) is 32.4 Å². The number of imidazole rings is 1. The van der Waals surface area contributed by atoms with Gasteiger partial charge in [-0.15, -0.1) is 0 Å². The molecule has 0 spiro atoms. The summed E-state index contributed by atoms with van der Waals surface area (Å²) in [4.78, 5) is 26.8. The van der Waals surface area contributed by atoms with Crippen molar-refractivity contribution in [3.05, 3.63) is 71.4 Å². The third-order valence-corrected chi connectivity index (χ3v) is 8.46. The van der Waals surface area contributed by atoms with Gasteiger partial charge in [0.15, 0.2) is 11.5 Å². The van der Waals surface area contributed by atoms with Crippen molar-refractivity contribution in [1.29, 1.82) is 0 Å². The van der Waals surface area contributed by atoms with Crippen LogP contribution in [-0.2, 0) is 11.3 Å². The molecule has 1 amide bonds. The van der Waals surface area contributed by atoms with Crippen LogP contribution < -0.4 is 15.5 Å². The number of amides is 1. The monoisotopic (exact) mass is 541 g/mol.